The minimum absolute atomic E-state index is 0.152. The van der Waals surface area contributed by atoms with Crippen molar-refractivity contribution in [1.29, 1.82) is 0 Å². The summed E-state index contributed by atoms with van der Waals surface area (Å²) in [5.74, 6) is 0.249. The molecule has 0 saturated heterocycles. The number of aryl methyl sites for hydroxylation is 2. The molecule has 2 N–H and O–H groups in total. The van der Waals surface area contributed by atoms with Crippen molar-refractivity contribution in [2.75, 3.05) is 10.6 Å². The Morgan fingerprint density at radius 1 is 0.880 bits per heavy atom. The Kier molecular flexibility index (Phi) is 4.88. The zero-order valence-corrected chi connectivity index (χ0v) is 14.0. The summed E-state index contributed by atoms with van der Waals surface area (Å²) in [6, 6.07) is 13.0. The minimum atomic E-state index is -0.679. The summed E-state index contributed by atoms with van der Waals surface area (Å²) < 4.78 is 26.8. The van der Waals surface area contributed by atoms with Gasteiger partial charge < -0.3 is 10.6 Å². The van der Waals surface area contributed by atoms with Crippen LogP contribution < -0.4 is 10.6 Å². The van der Waals surface area contributed by atoms with E-state index in [0.717, 1.165) is 23.7 Å². The number of halogens is 2. The molecule has 0 bridgehead atoms. The Balaban J connectivity index is 1.87. The van der Waals surface area contributed by atoms with Gasteiger partial charge in [0.05, 0.1) is 5.69 Å². The lowest BCUT2D eigenvalue weighted by molar-refractivity contribution is 0.586. The summed E-state index contributed by atoms with van der Waals surface area (Å²) in [6.07, 6.45) is 0.888. The van der Waals surface area contributed by atoms with Crippen molar-refractivity contribution in [3.63, 3.8) is 0 Å². The monoisotopic (exact) mass is 340 g/mol. The molecule has 0 aliphatic carbocycles. The van der Waals surface area contributed by atoms with Gasteiger partial charge >= 0.3 is 0 Å². The summed E-state index contributed by atoms with van der Waals surface area (Å²) in [7, 11) is 0. The minimum Gasteiger partial charge on any atom is -0.340 e. The molecule has 1 heterocycles. The number of nitrogens with one attached hydrogen (secondary N) is 2. The zero-order chi connectivity index (χ0) is 17.8. The molecule has 1 aromatic heterocycles. The summed E-state index contributed by atoms with van der Waals surface area (Å²) in [5.41, 5.74) is 2.28. The Bertz CT molecular complexity index is 896. The third kappa shape index (κ3) is 4.09. The van der Waals surface area contributed by atoms with Gasteiger partial charge in [0.15, 0.2) is 0 Å². The molecule has 4 nitrogen and oxygen atoms in total. The molecule has 2 aromatic carbocycles. The average molecular weight is 340 g/mol. The molecular weight excluding hydrogens is 322 g/mol. The smallest absolute Gasteiger partial charge is 0.149 e. The molecule has 0 saturated carbocycles. The van der Waals surface area contributed by atoms with E-state index in [0.29, 0.717) is 17.5 Å². The number of para-hydroxylation sites is 1. The molecule has 128 valence electrons. The largest absolute Gasteiger partial charge is 0.340 e. The highest BCUT2D eigenvalue weighted by Crippen LogP contribution is 2.24. The van der Waals surface area contributed by atoms with Crippen LogP contribution in [0.5, 0.6) is 0 Å². The van der Waals surface area contributed by atoms with Crippen LogP contribution in [-0.4, -0.2) is 9.97 Å². The summed E-state index contributed by atoms with van der Waals surface area (Å²) >= 11 is 0. The lowest BCUT2D eigenvalue weighted by atomic mass is 10.1. The van der Waals surface area contributed by atoms with E-state index in [9.17, 15) is 8.78 Å². The van der Waals surface area contributed by atoms with E-state index in [1.165, 1.54) is 12.1 Å². The van der Waals surface area contributed by atoms with Gasteiger partial charge in [-0.2, -0.15) is 0 Å². The molecule has 0 radical (unpaired) electrons. The predicted molar refractivity (Wildman–Crippen MR) is 95.5 cm³/mol. The Hall–Kier alpha value is -3.02. The molecular formula is C19H18F2N4. The van der Waals surface area contributed by atoms with Crippen LogP contribution in [0.15, 0.2) is 48.5 Å². The first-order chi connectivity index (χ1) is 12.0. The Morgan fingerprint density at radius 2 is 1.56 bits per heavy atom. The van der Waals surface area contributed by atoms with Gasteiger partial charge in [0.2, 0.25) is 0 Å². The van der Waals surface area contributed by atoms with Crippen molar-refractivity contribution >= 4 is 23.0 Å². The Labute approximate surface area is 145 Å². The van der Waals surface area contributed by atoms with E-state index in [2.05, 4.69) is 27.5 Å². The average Bonchev–Trinajstić information content (AvgIpc) is 2.57. The fourth-order valence-electron chi connectivity index (χ4n) is 2.51. The van der Waals surface area contributed by atoms with Crippen molar-refractivity contribution in [2.45, 2.75) is 20.3 Å². The standard InChI is InChI=1S/C19H18F2N4/c1-3-13-6-4-5-7-16(13)24-18-11-19(23-12(2)22-18)25-17-9-8-14(20)10-15(17)21/h4-11H,3H2,1-2H3,(H2,22,23,24,25). The van der Waals surface area contributed by atoms with Crippen molar-refractivity contribution in [3.05, 3.63) is 71.6 Å². The van der Waals surface area contributed by atoms with Crippen molar-refractivity contribution in [2.24, 2.45) is 0 Å². The highest BCUT2D eigenvalue weighted by atomic mass is 19.1. The number of anilines is 4. The van der Waals surface area contributed by atoms with E-state index in [1.807, 2.05) is 24.3 Å². The lowest BCUT2D eigenvalue weighted by Crippen LogP contribution is -2.03. The van der Waals surface area contributed by atoms with Crippen LogP contribution in [-0.2, 0) is 6.42 Å². The summed E-state index contributed by atoms with van der Waals surface area (Å²) in [6.45, 7) is 3.83. The van der Waals surface area contributed by atoms with E-state index < -0.39 is 11.6 Å². The van der Waals surface area contributed by atoms with E-state index in [1.54, 1.807) is 13.0 Å². The number of nitrogens with zero attached hydrogens (tertiary/aromatic N) is 2. The summed E-state index contributed by atoms with van der Waals surface area (Å²) in [4.78, 5) is 8.62. The van der Waals surface area contributed by atoms with Gasteiger partial charge in [-0.15, -0.1) is 0 Å². The second-order valence-corrected chi connectivity index (χ2v) is 5.57. The van der Waals surface area contributed by atoms with Gasteiger partial charge in [0.25, 0.3) is 0 Å². The van der Waals surface area contributed by atoms with Gasteiger partial charge in [-0.1, -0.05) is 25.1 Å². The molecule has 3 aromatic rings. The number of aromatic nitrogens is 2. The number of benzene rings is 2. The van der Waals surface area contributed by atoms with Gasteiger partial charge in [-0.3, -0.25) is 0 Å². The maximum absolute atomic E-state index is 13.8. The zero-order valence-electron chi connectivity index (χ0n) is 14.0. The third-order valence-corrected chi connectivity index (χ3v) is 3.69. The number of rotatable bonds is 5. The summed E-state index contributed by atoms with van der Waals surface area (Å²) in [5, 5.41) is 6.13. The van der Waals surface area contributed by atoms with Gasteiger partial charge in [0.1, 0.15) is 29.1 Å². The molecule has 0 atom stereocenters. The molecule has 0 unspecified atom stereocenters. The SMILES string of the molecule is CCc1ccccc1Nc1cc(Nc2ccc(F)cc2F)nc(C)n1. The van der Waals surface area contributed by atoms with Gasteiger partial charge in [-0.25, -0.2) is 18.7 Å². The number of hydrogen-bond acceptors (Lipinski definition) is 4. The maximum atomic E-state index is 13.8. The second kappa shape index (κ2) is 7.25. The lowest BCUT2D eigenvalue weighted by Gasteiger charge is -2.13. The van der Waals surface area contributed by atoms with Crippen LogP contribution in [0.4, 0.5) is 31.8 Å². The van der Waals surface area contributed by atoms with Crippen LogP contribution in [0.3, 0.4) is 0 Å². The van der Waals surface area contributed by atoms with Crippen LogP contribution in [0.2, 0.25) is 0 Å². The molecule has 0 spiro atoms. The predicted octanol–water partition coefficient (Wildman–Crippen LogP) is 5.11. The van der Waals surface area contributed by atoms with E-state index >= 15 is 0 Å². The highest BCUT2D eigenvalue weighted by Gasteiger charge is 2.08. The fourth-order valence-corrected chi connectivity index (χ4v) is 2.51. The second-order valence-electron chi connectivity index (χ2n) is 5.57. The normalized spacial score (nSPS) is 10.6. The van der Waals surface area contributed by atoms with Crippen LogP contribution in [0, 0.1) is 18.6 Å². The molecule has 3 rings (SSSR count). The topological polar surface area (TPSA) is 49.8 Å². The quantitative estimate of drug-likeness (QED) is 0.677. The third-order valence-electron chi connectivity index (χ3n) is 3.69. The first-order valence-electron chi connectivity index (χ1n) is 7.98. The van der Waals surface area contributed by atoms with Crippen molar-refractivity contribution in [1.82, 2.24) is 9.97 Å². The molecule has 0 fully saturated rings. The maximum Gasteiger partial charge on any atom is 0.149 e. The van der Waals surface area contributed by atoms with Crippen LogP contribution in [0.25, 0.3) is 0 Å². The van der Waals surface area contributed by atoms with Crippen molar-refractivity contribution < 1.29 is 8.78 Å². The highest BCUT2D eigenvalue weighted by molar-refractivity contribution is 5.65. The Morgan fingerprint density at radius 3 is 2.24 bits per heavy atom. The van der Waals surface area contributed by atoms with Gasteiger partial charge in [-0.05, 0) is 37.1 Å². The molecule has 6 heteroatoms. The van der Waals surface area contributed by atoms with E-state index in [-0.39, 0.29) is 5.69 Å². The molecule has 25 heavy (non-hydrogen) atoms. The first kappa shape index (κ1) is 16.8. The molecule has 0 aliphatic rings. The van der Waals surface area contributed by atoms with Crippen LogP contribution >= 0.6 is 0 Å². The number of hydrogen-bond donors (Lipinski definition) is 2. The fraction of sp³-hybridized carbons (Fsp3) is 0.158. The molecule has 0 amide bonds. The van der Waals surface area contributed by atoms with Gasteiger partial charge in [0, 0.05) is 17.8 Å². The van der Waals surface area contributed by atoms with E-state index in [4.69, 9.17) is 0 Å². The molecule has 0 aliphatic heterocycles. The van der Waals surface area contributed by atoms with Crippen LogP contribution in [0.1, 0.15) is 18.3 Å². The first-order valence-corrected chi connectivity index (χ1v) is 7.98. The van der Waals surface area contributed by atoms with Crippen molar-refractivity contribution in [3.8, 4) is 0 Å².